The van der Waals surface area contributed by atoms with Crippen LogP contribution in [0.5, 0.6) is 5.75 Å². The van der Waals surface area contributed by atoms with E-state index in [1.165, 1.54) is 6.42 Å². The van der Waals surface area contributed by atoms with Gasteiger partial charge in [-0.05, 0) is 134 Å². The van der Waals surface area contributed by atoms with Gasteiger partial charge in [0.25, 0.3) is 17.7 Å². The van der Waals surface area contributed by atoms with Crippen LogP contribution in [0.4, 0.5) is 17.8 Å². The van der Waals surface area contributed by atoms with Crippen molar-refractivity contribution in [2.75, 3.05) is 60.6 Å². The maximum Gasteiger partial charge on any atom is 0.338 e. The van der Waals surface area contributed by atoms with Gasteiger partial charge in [0.2, 0.25) is 17.8 Å². The van der Waals surface area contributed by atoms with Crippen LogP contribution in [0.15, 0.2) is 91.0 Å². The fourth-order valence-electron chi connectivity index (χ4n) is 7.25. The third kappa shape index (κ3) is 15.4. The number of piperidine rings is 1. The van der Waals surface area contributed by atoms with Crippen LogP contribution in [0.2, 0.25) is 5.02 Å². The summed E-state index contributed by atoms with van der Waals surface area (Å²) in [5.74, 6) is 0.172. The number of hydrogen-bond acceptors (Lipinski definition) is 15. The van der Waals surface area contributed by atoms with Gasteiger partial charge in [0.15, 0.2) is 0 Å². The quantitative estimate of drug-likeness (QED) is 0.0732. The molecule has 0 unspecified atom stereocenters. The third-order valence-corrected chi connectivity index (χ3v) is 11.2. The highest BCUT2D eigenvalue weighted by Gasteiger charge is 2.20. The minimum absolute atomic E-state index is 0.163. The van der Waals surface area contributed by atoms with Crippen LogP contribution >= 0.6 is 11.6 Å². The molecule has 0 aliphatic carbocycles. The van der Waals surface area contributed by atoms with Crippen LogP contribution in [0, 0.1) is 0 Å². The molecule has 0 saturated carbocycles. The van der Waals surface area contributed by atoms with Crippen molar-refractivity contribution in [3.8, 4) is 39.5 Å². The largest absolute Gasteiger partial charge is 0.494 e. The van der Waals surface area contributed by atoms with Crippen molar-refractivity contribution in [2.24, 2.45) is 17.2 Å². The van der Waals surface area contributed by atoms with Gasteiger partial charge in [0, 0.05) is 61.0 Å². The maximum absolute atomic E-state index is 12.2. The summed E-state index contributed by atoms with van der Waals surface area (Å²) >= 11 is 5.89. The average molecular weight is 988 g/mol. The van der Waals surface area contributed by atoms with Gasteiger partial charge >= 0.3 is 5.97 Å². The average Bonchev–Trinajstić information content (AvgIpc) is 3.38. The number of esters is 1. The van der Waals surface area contributed by atoms with E-state index in [1.54, 1.807) is 62.4 Å². The Labute approximate surface area is 420 Å². The molecule has 374 valence electrons. The first kappa shape index (κ1) is 54.2. The van der Waals surface area contributed by atoms with Crippen molar-refractivity contribution in [2.45, 2.75) is 73.8 Å². The molecule has 3 amide bonds. The Bertz CT molecular complexity index is 2740. The summed E-state index contributed by atoms with van der Waals surface area (Å²) in [5.41, 5.74) is 21.6. The van der Waals surface area contributed by atoms with E-state index in [0.717, 1.165) is 69.0 Å². The second kappa shape index (κ2) is 26.3. The van der Waals surface area contributed by atoms with Crippen LogP contribution in [0.1, 0.15) is 110 Å². The predicted octanol–water partition coefficient (Wildman–Crippen LogP) is 8.03. The third-order valence-electron chi connectivity index (χ3n) is 11.0. The van der Waals surface area contributed by atoms with Crippen molar-refractivity contribution < 1.29 is 28.7 Å². The number of primary amides is 3. The first-order valence-electron chi connectivity index (χ1n) is 23.7. The molecule has 6 aromatic rings. The molecule has 1 fully saturated rings. The first-order valence-corrected chi connectivity index (χ1v) is 24.1. The Morgan fingerprint density at radius 3 is 1.51 bits per heavy atom. The zero-order valence-electron chi connectivity index (χ0n) is 41.4. The molecule has 0 atom stereocenters. The van der Waals surface area contributed by atoms with E-state index >= 15 is 0 Å². The SMILES string of the molecule is CC(C)OC(=O)c1cccc(-c2cc(C(N)=O)nc(N3CCCCC3)n2)c1.CCN(CC)c1nc(C(N)=O)cc(-c2ccc(Cl)cc2)n1.CCOc1ccc(-c2cc(C(N)=O)nc(N(CC)CC)n2)cc1. The summed E-state index contributed by atoms with van der Waals surface area (Å²) in [4.78, 5) is 79.5. The molecule has 18 nitrogen and oxygen atoms in total. The highest BCUT2D eigenvalue weighted by Crippen LogP contribution is 2.27. The Kier molecular flexibility index (Phi) is 20.1. The normalized spacial score (nSPS) is 11.9. The highest BCUT2D eigenvalue weighted by molar-refractivity contribution is 6.30. The number of carbonyl (C=O) groups is 4. The molecule has 1 saturated heterocycles. The van der Waals surface area contributed by atoms with E-state index < -0.39 is 23.7 Å². The van der Waals surface area contributed by atoms with Crippen LogP contribution in [-0.2, 0) is 4.74 Å². The lowest BCUT2D eigenvalue weighted by Gasteiger charge is -2.27. The molecule has 7 rings (SSSR count). The summed E-state index contributed by atoms with van der Waals surface area (Å²) in [6.45, 7) is 18.9. The van der Waals surface area contributed by atoms with E-state index in [-0.39, 0.29) is 23.2 Å². The van der Waals surface area contributed by atoms with Gasteiger partial charge in [-0.25, -0.2) is 34.7 Å². The lowest BCUT2D eigenvalue weighted by molar-refractivity contribution is 0.0377. The van der Waals surface area contributed by atoms with Crippen LogP contribution in [-0.4, -0.2) is 106 Å². The molecule has 4 heterocycles. The zero-order valence-corrected chi connectivity index (χ0v) is 42.1. The summed E-state index contributed by atoms with van der Waals surface area (Å²) in [5, 5.41) is 0.645. The van der Waals surface area contributed by atoms with Crippen molar-refractivity contribution in [1.82, 2.24) is 29.9 Å². The minimum Gasteiger partial charge on any atom is -0.494 e. The highest BCUT2D eigenvalue weighted by atomic mass is 35.5. The van der Waals surface area contributed by atoms with E-state index in [0.29, 0.717) is 57.7 Å². The van der Waals surface area contributed by atoms with Crippen molar-refractivity contribution in [3.05, 3.63) is 119 Å². The molecule has 71 heavy (non-hydrogen) atoms. The molecule has 0 radical (unpaired) electrons. The number of ether oxygens (including phenoxy) is 2. The summed E-state index contributed by atoms with van der Waals surface area (Å²) in [6.07, 6.45) is 3.11. The Hall–Kier alpha value is -7.73. The second-order valence-corrected chi connectivity index (χ2v) is 16.7. The molecular formula is C52H63ClN12O6. The molecule has 6 N–H and O–H groups in total. The van der Waals surface area contributed by atoms with Gasteiger partial charge in [-0.3, -0.25) is 14.4 Å². The summed E-state index contributed by atoms with van der Waals surface area (Å²) in [6, 6.07) is 26.6. The van der Waals surface area contributed by atoms with Crippen molar-refractivity contribution >= 4 is 53.1 Å². The van der Waals surface area contributed by atoms with Crippen LogP contribution in [0.25, 0.3) is 33.8 Å². The lowest BCUT2D eigenvalue weighted by atomic mass is 10.1. The zero-order chi connectivity index (χ0) is 51.6. The predicted molar refractivity (Wildman–Crippen MR) is 278 cm³/mol. The first-order chi connectivity index (χ1) is 34.1. The molecule has 0 spiro atoms. The second-order valence-electron chi connectivity index (χ2n) is 16.3. The molecule has 1 aliphatic rings. The molecule has 3 aromatic heterocycles. The number of amides is 3. The van der Waals surface area contributed by atoms with Crippen molar-refractivity contribution in [1.29, 1.82) is 0 Å². The fraction of sp³-hybridized carbons (Fsp3) is 0.346. The number of anilines is 3. The van der Waals surface area contributed by atoms with E-state index in [4.69, 9.17) is 38.3 Å². The Balaban J connectivity index is 0.000000200. The van der Waals surface area contributed by atoms with Gasteiger partial charge in [-0.1, -0.05) is 35.9 Å². The number of benzene rings is 3. The molecule has 0 bridgehead atoms. The molecular weight excluding hydrogens is 924 g/mol. The minimum atomic E-state index is -0.604. The molecule has 1 aliphatic heterocycles. The number of rotatable bonds is 17. The fourth-order valence-corrected chi connectivity index (χ4v) is 7.38. The van der Waals surface area contributed by atoms with Gasteiger partial charge in [-0.2, -0.15) is 0 Å². The number of nitrogens with zero attached hydrogens (tertiary/aromatic N) is 9. The molecule has 19 heteroatoms. The Morgan fingerprint density at radius 2 is 1.06 bits per heavy atom. The number of hydrogen-bond donors (Lipinski definition) is 3. The number of nitrogens with two attached hydrogens (primary N) is 3. The lowest BCUT2D eigenvalue weighted by Crippen LogP contribution is -2.31. The van der Waals surface area contributed by atoms with Gasteiger partial charge in [0.05, 0.1) is 35.4 Å². The number of halogens is 1. The molecule has 3 aromatic carbocycles. The van der Waals surface area contributed by atoms with Crippen molar-refractivity contribution in [3.63, 3.8) is 0 Å². The topological polar surface area (TPSA) is 252 Å². The van der Waals surface area contributed by atoms with E-state index in [1.807, 2.05) is 86.9 Å². The van der Waals surface area contributed by atoms with Crippen LogP contribution < -0.4 is 36.6 Å². The van der Waals surface area contributed by atoms with Gasteiger partial charge < -0.3 is 41.4 Å². The summed E-state index contributed by atoms with van der Waals surface area (Å²) < 4.78 is 10.7. The van der Waals surface area contributed by atoms with Gasteiger partial charge in [0.1, 0.15) is 22.8 Å². The smallest absolute Gasteiger partial charge is 0.338 e. The monoisotopic (exact) mass is 986 g/mol. The van der Waals surface area contributed by atoms with E-state index in [9.17, 15) is 19.2 Å². The maximum atomic E-state index is 12.2. The van der Waals surface area contributed by atoms with Crippen LogP contribution in [0.3, 0.4) is 0 Å². The Morgan fingerprint density at radius 1 is 0.592 bits per heavy atom. The van der Waals surface area contributed by atoms with E-state index in [2.05, 4.69) is 34.8 Å². The number of aromatic nitrogens is 6. The standard InChI is InChI=1S/C20H24N4O3.C17H22N4O2.C15H17ClN4O/c1-13(2)27-19(26)15-8-6-7-14(11-15)16-12-17(18(21)25)23-20(22-16)24-9-4-3-5-10-24;1-4-21(5-2)17-19-14(11-15(20-17)16(18)22)12-7-9-13(10-8-12)23-6-3;1-3-20(4-2)15-18-12(9-13(19-15)14(17)21)10-5-7-11(16)8-6-10/h6-8,11-13H,3-5,9-10H2,1-2H3,(H2,21,25);7-11H,4-6H2,1-3H3,(H2,18,22);5-9H,3-4H2,1-2H3,(H2,17,21). The number of carbonyl (C=O) groups excluding carboxylic acids is 4. The summed E-state index contributed by atoms with van der Waals surface area (Å²) in [7, 11) is 0. The van der Waals surface area contributed by atoms with Gasteiger partial charge in [-0.15, -0.1) is 0 Å².